The standard InChI is InChI=1S/C14H12N4/c15-13-4-6-16-9-12(13)10-2-1-3-11(8-10)14-5-7-17-18-14/h1-9H,(H2,15,16)(H,17,18). The summed E-state index contributed by atoms with van der Waals surface area (Å²) in [4.78, 5) is 4.11. The molecule has 0 amide bonds. The smallest absolute Gasteiger partial charge is 0.0650 e. The fourth-order valence-corrected chi connectivity index (χ4v) is 1.92. The lowest BCUT2D eigenvalue weighted by Crippen LogP contribution is -1.91. The van der Waals surface area contributed by atoms with Gasteiger partial charge in [0.15, 0.2) is 0 Å². The molecule has 4 nitrogen and oxygen atoms in total. The summed E-state index contributed by atoms with van der Waals surface area (Å²) in [7, 11) is 0. The highest BCUT2D eigenvalue weighted by Crippen LogP contribution is 2.28. The van der Waals surface area contributed by atoms with Crippen LogP contribution in [0.2, 0.25) is 0 Å². The Morgan fingerprint density at radius 1 is 1.00 bits per heavy atom. The van der Waals surface area contributed by atoms with Crippen molar-refractivity contribution in [3.63, 3.8) is 0 Å². The molecule has 3 aromatic rings. The Bertz CT molecular complexity index is 659. The molecule has 0 bridgehead atoms. The molecular weight excluding hydrogens is 224 g/mol. The van der Waals surface area contributed by atoms with Crippen molar-refractivity contribution in [2.24, 2.45) is 0 Å². The summed E-state index contributed by atoms with van der Waals surface area (Å²) >= 11 is 0. The summed E-state index contributed by atoms with van der Waals surface area (Å²) in [6.07, 6.45) is 5.21. The Morgan fingerprint density at radius 3 is 2.67 bits per heavy atom. The molecule has 0 fully saturated rings. The summed E-state index contributed by atoms with van der Waals surface area (Å²) < 4.78 is 0. The van der Waals surface area contributed by atoms with Crippen molar-refractivity contribution in [3.05, 3.63) is 55.0 Å². The fourth-order valence-electron chi connectivity index (χ4n) is 1.92. The van der Waals surface area contributed by atoms with E-state index in [1.54, 1.807) is 24.7 Å². The monoisotopic (exact) mass is 236 g/mol. The van der Waals surface area contributed by atoms with E-state index >= 15 is 0 Å². The van der Waals surface area contributed by atoms with Crippen LogP contribution in [0.1, 0.15) is 0 Å². The van der Waals surface area contributed by atoms with Gasteiger partial charge in [-0.25, -0.2) is 0 Å². The predicted octanol–water partition coefficient (Wildman–Crippen LogP) is 2.72. The zero-order valence-electron chi connectivity index (χ0n) is 9.67. The number of nitrogen functional groups attached to an aromatic ring is 1. The molecule has 0 spiro atoms. The van der Waals surface area contributed by atoms with Crippen molar-refractivity contribution in [1.29, 1.82) is 0 Å². The van der Waals surface area contributed by atoms with Gasteiger partial charge < -0.3 is 5.73 Å². The van der Waals surface area contributed by atoms with E-state index in [2.05, 4.69) is 21.2 Å². The van der Waals surface area contributed by atoms with Crippen LogP contribution in [0.15, 0.2) is 55.0 Å². The Kier molecular flexibility index (Phi) is 2.53. The molecule has 0 unspecified atom stereocenters. The SMILES string of the molecule is Nc1ccncc1-c1cccc(-c2ccn[nH]2)c1. The fraction of sp³-hybridized carbons (Fsp3) is 0. The molecule has 0 aliphatic rings. The molecule has 0 saturated carbocycles. The summed E-state index contributed by atoms with van der Waals surface area (Å²) in [6, 6.07) is 11.9. The molecule has 0 atom stereocenters. The molecule has 4 heteroatoms. The maximum Gasteiger partial charge on any atom is 0.0650 e. The van der Waals surface area contributed by atoms with Crippen molar-refractivity contribution in [1.82, 2.24) is 15.2 Å². The van der Waals surface area contributed by atoms with Crippen LogP contribution in [0.5, 0.6) is 0 Å². The molecule has 88 valence electrons. The topological polar surface area (TPSA) is 67.6 Å². The van der Waals surface area contributed by atoms with Crippen molar-refractivity contribution < 1.29 is 0 Å². The summed E-state index contributed by atoms with van der Waals surface area (Å²) in [6.45, 7) is 0. The minimum Gasteiger partial charge on any atom is -0.398 e. The van der Waals surface area contributed by atoms with E-state index in [9.17, 15) is 0 Å². The molecule has 2 aromatic heterocycles. The lowest BCUT2D eigenvalue weighted by Gasteiger charge is -2.06. The van der Waals surface area contributed by atoms with Crippen LogP contribution in [0, 0.1) is 0 Å². The highest BCUT2D eigenvalue weighted by atomic mass is 15.1. The average molecular weight is 236 g/mol. The van der Waals surface area contributed by atoms with Gasteiger partial charge in [0.2, 0.25) is 0 Å². The lowest BCUT2D eigenvalue weighted by atomic mass is 10.0. The van der Waals surface area contributed by atoms with Crippen LogP contribution in [0.3, 0.4) is 0 Å². The van der Waals surface area contributed by atoms with E-state index in [1.807, 2.05) is 24.3 Å². The molecule has 3 rings (SSSR count). The number of nitrogens with zero attached hydrogens (tertiary/aromatic N) is 2. The van der Waals surface area contributed by atoms with Crippen molar-refractivity contribution in [3.8, 4) is 22.4 Å². The number of anilines is 1. The first-order valence-corrected chi connectivity index (χ1v) is 5.64. The number of benzene rings is 1. The molecule has 1 aromatic carbocycles. The maximum atomic E-state index is 5.96. The molecule has 2 heterocycles. The number of nitrogens with one attached hydrogen (secondary N) is 1. The van der Waals surface area contributed by atoms with Crippen LogP contribution in [0.4, 0.5) is 5.69 Å². The second kappa shape index (κ2) is 4.33. The van der Waals surface area contributed by atoms with Gasteiger partial charge in [-0.2, -0.15) is 5.10 Å². The van der Waals surface area contributed by atoms with Crippen molar-refractivity contribution in [2.45, 2.75) is 0 Å². The van der Waals surface area contributed by atoms with Crippen LogP contribution in [-0.2, 0) is 0 Å². The number of nitrogens with two attached hydrogens (primary N) is 1. The first-order chi connectivity index (χ1) is 8.84. The first kappa shape index (κ1) is 10.5. The third-order valence-electron chi connectivity index (χ3n) is 2.84. The van der Waals surface area contributed by atoms with E-state index in [4.69, 9.17) is 5.73 Å². The van der Waals surface area contributed by atoms with Gasteiger partial charge in [0.05, 0.1) is 5.69 Å². The van der Waals surface area contributed by atoms with E-state index < -0.39 is 0 Å². The number of aromatic nitrogens is 3. The zero-order valence-corrected chi connectivity index (χ0v) is 9.67. The van der Waals surface area contributed by atoms with Gasteiger partial charge in [0.1, 0.15) is 0 Å². The normalized spacial score (nSPS) is 10.4. The highest BCUT2D eigenvalue weighted by Gasteiger charge is 2.05. The van der Waals surface area contributed by atoms with E-state index in [0.29, 0.717) is 0 Å². The summed E-state index contributed by atoms with van der Waals surface area (Å²) in [5.41, 5.74) is 10.7. The van der Waals surface area contributed by atoms with Gasteiger partial charge in [-0.15, -0.1) is 0 Å². The second-order valence-electron chi connectivity index (χ2n) is 4.01. The molecular formula is C14H12N4. The molecule has 0 radical (unpaired) electrons. The van der Waals surface area contributed by atoms with Gasteiger partial charge in [0.25, 0.3) is 0 Å². The molecule has 3 N–H and O–H groups in total. The Hall–Kier alpha value is -2.62. The third kappa shape index (κ3) is 1.84. The van der Waals surface area contributed by atoms with E-state index in [1.165, 1.54) is 0 Å². The Labute approximate surface area is 105 Å². The Morgan fingerprint density at radius 2 is 1.89 bits per heavy atom. The zero-order chi connectivity index (χ0) is 12.4. The van der Waals surface area contributed by atoms with Gasteiger partial charge in [-0.1, -0.05) is 18.2 Å². The number of aromatic amines is 1. The maximum absolute atomic E-state index is 5.96. The molecule has 0 aliphatic heterocycles. The number of rotatable bonds is 2. The molecule has 18 heavy (non-hydrogen) atoms. The number of H-pyrrole nitrogens is 1. The Balaban J connectivity index is 2.10. The summed E-state index contributed by atoms with van der Waals surface area (Å²) in [5, 5.41) is 6.91. The van der Waals surface area contributed by atoms with Gasteiger partial charge in [0, 0.05) is 35.4 Å². The average Bonchev–Trinajstić information content (AvgIpc) is 2.93. The van der Waals surface area contributed by atoms with Crippen LogP contribution in [-0.4, -0.2) is 15.2 Å². The minimum atomic E-state index is 0.728. The number of pyridine rings is 1. The van der Waals surface area contributed by atoms with Crippen LogP contribution in [0.25, 0.3) is 22.4 Å². The lowest BCUT2D eigenvalue weighted by molar-refractivity contribution is 1.10. The van der Waals surface area contributed by atoms with E-state index in [-0.39, 0.29) is 0 Å². The largest absolute Gasteiger partial charge is 0.398 e. The molecule has 0 saturated heterocycles. The number of hydrogen-bond donors (Lipinski definition) is 2. The predicted molar refractivity (Wildman–Crippen MR) is 71.7 cm³/mol. The van der Waals surface area contributed by atoms with Crippen molar-refractivity contribution in [2.75, 3.05) is 5.73 Å². The number of hydrogen-bond acceptors (Lipinski definition) is 3. The van der Waals surface area contributed by atoms with Gasteiger partial charge >= 0.3 is 0 Å². The second-order valence-corrected chi connectivity index (χ2v) is 4.01. The van der Waals surface area contributed by atoms with Crippen molar-refractivity contribution >= 4 is 5.69 Å². The van der Waals surface area contributed by atoms with E-state index in [0.717, 1.165) is 28.1 Å². The quantitative estimate of drug-likeness (QED) is 0.718. The van der Waals surface area contributed by atoms with Crippen LogP contribution >= 0.6 is 0 Å². The third-order valence-corrected chi connectivity index (χ3v) is 2.84. The first-order valence-electron chi connectivity index (χ1n) is 5.64. The summed E-state index contributed by atoms with van der Waals surface area (Å²) in [5.74, 6) is 0. The highest BCUT2D eigenvalue weighted by molar-refractivity contribution is 5.78. The minimum absolute atomic E-state index is 0.728. The van der Waals surface area contributed by atoms with Gasteiger partial charge in [-0.05, 0) is 23.8 Å². The molecule has 0 aliphatic carbocycles. The van der Waals surface area contributed by atoms with Gasteiger partial charge in [-0.3, -0.25) is 10.1 Å². The van der Waals surface area contributed by atoms with Crippen LogP contribution < -0.4 is 5.73 Å².